The zero-order valence-electron chi connectivity index (χ0n) is 19.7. The minimum absolute atomic E-state index is 0.0808. The Hall–Kier alpha value is -3.37. The zero-order valence-corrected chi connectivity index (χ0v) is 20.5. The fourth-order valence-electron chi connectivity index (χ4n) is 3.93. The van der Waals surface area contributed by atoms with Gasteiger partial charge in [0.2, 0.25) is 19.5 Å². The number of amides is 2. The van der Waals surface area contributed by atoms with Gasteiger partial charge in [-0.25, -0.2) is 9.68 Å². The molecule has 3 aliphatic rings. The molecule has 2 amide bonds. The van der Waals surface area contributed by atoms with E-state index >= 15 is 0 Å². The Balaban J connectivity index is 1.42. The Bertz CT molecular complexity index is 1110. The number of β-lactam (4-membered cyclic amide) rings is 1. The van der Waals surface area contributed by atoms with Crippen LogP contribution in [0.4, 0.5) is 0 Å². The largest absolute Gasteiger partial charge is 0.461 e. The Labute approximate surface area is 214 Å². The quantitative estimate of drug-likeness (QED) is 0.0769. The summed E-state index contributed by atoms with van der Waals surface area (Å²) < 4.78 is 20.7. The van der Waals surface area contributed by atoms with Crippen LogP contribution in [0.1, 0.15) is 12.5 Å². The molecule has 1 aromatic carbocycles. The number of nitrogens with zero attached hydrogens (tertiary/aromatic N) is 1. The number of nitrogens with two attached hydrogens (primary N) is 1. The van der Waals surface area contributed by atoms with Crippen molar-refractivity contribution in [2.45, 2.75) is 30.8 Å². The van der Waals surface area contributed by atoms with Gasteiger partial charge in [-0.3, -0.25) is 19.3 Å². The molecule has 3 heterocycles. The van der Waals surface area contributed by atoms with Crippen molar-refractivity contribution in [2.75, 3.05) is 32.7 Å². The summed E-state index contributed by atoms with van der Waals surface area (Å²) >= 11 is 1.28. The molecule has 4 N–H and O–H groups in total. The van der Waals surface area contributed by atoms with Gasteiger partial charge in [-0.2, -0.15) is 4.89 Å². The molecule has 1 unspecified atom stereocenters. The zero-order chi connectivity index (χ0) is 26.5. The van der Waals surface area contributed by atoms with Crippen LogP contribution < -0.4 is 20.5 Å². The molecule has 37 heavy (non-hydrogen) atoms. The van der Waals surface area contributed by atoms with E-state index in [1.807, 2.05) is 0 Å². The van der Waals surface area contributed by atoms with Crippen molar-refractivity contribution in [3.05, 3.63) is 35.0 Å². The van der Waals surface area contributed by atoms with Crippen LogP contribution in [0.25, 0.3) is 0 Å². The second kappa shape index (κ2) is 11.8. The number of esters is 2. The molecule has 15 heteroatoms. The number of ether oxygens (including phenoxy) is 4. The van der Waals surface area contributed by atoms with Gasteiger partial charge < -0.3 is 35.1 Å². The van der Waals surface area contributed by atoms with Crippen LogP contribution >= 0.6 is 11.8 Å². The van der Waals surface area contributed by atoms with Crippen molar-refractivity contribution in [1.29, 1.82) is 0 Å². The lowest BCUT2D eigenvalue weighted by atomic mass is 10.0. The average molecular weight is 540 g/mol. The van der Waals surface area contributed by atoms with Gasteiger partial charge in [-0.1, -0.05) is 12.1 Å². The normalized spacial score (nSPS) is 20.6. The highest BCUT2D eigenvalue weighted by Gasteiger charge is 2.54. The van der Waals surface area contributed by atoms with Gasteiger partial charge in [0, 0.05) is 30.2 Å². The summed E-state index contributed by atoms with van der Waals surface area (Å²) in [5, 5.41) is 10.6. The van der Waals surface area contributed by atoms with E-state index in [1.54, 1.807) is 18.2 Å². The molecular formula is C22H25N3O11S. The predicted octanol–water partition coefficient (Wildman–Crippen LogP) is -1.10. The molecule has 0 aliphatic carbocycles. The lowest BCUT2D eigenvalue weighted by molar-refractivity contribution is -0.357. The molecule has 14 nitrogen and oxygen atoms in total. The van der Waals surface area contributed by atoms with Gasteiger partial charge in [0.15, 0.2) is 18.3 Å². The maximum absolute atomic E-state index is 13.0. The molecule has 3 aliphatic heterocycles. The maximum atomic E-state index is 13.0. The fourth-order valence-corrected chi connectivity index (χ4v) is 5.26. The predicted molar refractivity (Wildman–Crippen MR) is 123 cm³/mol. The molecule has 3 atom stereocenters. The number of nitrogens with one attached hydrogen (secondary N) is 1. The fraction of sp³-hybridized carbons (Fsp3) is 0.455. The van der Waals surface area contributed by atoms with Crippen LogP contribution in [-0.4, -0.2) is 84.0 Å². The third-order valence-electron chi connectivity index (χ3n) is 5.62. The maximum Gasteiger partial charge on any atom is 0.357 e. The summed E-state index contributed by atoms with van der Waals surface area (Å²) in [6.07, 6.45) is 0.153. The molecule has 0 radical (unpaired) electrons. The van der Waals surface area contributed by atoms with Gasteiger partial charge in [-0.15, -0.1) is 11.8 Å². The summed E-state index contributed by atoms with van der Waals surface area (Å²) in [4.78, 5) is 59.7. The van der Waals surface area contributed by atoms with Crippen LogP contribution in [0, 0.1) is 0 Å². The minimum Gasteiger partial charge on any atom is -0.461 e. The molecular weight excluding hydrogens is 514 g/mol. The summed E-state index contributed by atoms with van der Waals surface area (Å²) in [6.45, 7) is -0.345. The molecule has 1 aromatic rings. The monoisotopic (exact) mass is 539 g/mol. The molecule has 0 spiro atoms. The average Bonchev–Trinajstić information content (AvgIpc) is 3.37. The number of aliphatic hydroxyl groups excluding tert-OH is 1. The molecule has 200 valence electrons. The summed E-state index contributed by atoms with van der Waals surface area (Å²) in [7, 11) is 0. The van der Waals surface area contributed by atoms with Crippen molar-refractivity contribution in [3.8, 4) is 11.5 Å². The molecule has 0 bridgehead atoms. The van der Waals surface area contributed by atoms with Gasteiger partial charge in [0.05, 0.1) is 6.04 Å². The Morgan fingerprint density at radius 2 is 2.08 bits per heavy atom. The van der Waals surface area contributed by atoms with Crippen LogP contribution in [0.3, 0.4) is 0 Å². The van der Waals surface area contributed by atoms with E-state index in [-0.39, 0.29) is 31.3 Å². The number of rotatable bonds is 11. The van der Waals surface area contributed by atoms with Crippen LogP contribution in [-0.2, 0) is 44.8 Å². The molecule has 1 fully saturated rings. The van der Waals surface area contributed by atoms with Gasteiger partial charge >= 0.3 is 11.9 Å². The lowest BCUT2D eigenvalue weighted by Crippen LogP contribution is -2.71. The van der Waals surface area contributed by atoms with Crippen molar-refractivity contribution in [3.63, 3.8) is 0 Å². The van der Waals surface area contributed by atoms with Crippen LogP contribution in [0.2, 0.25) is 0 Å². The highest BCUT2D eigenvalue weighted by Crippen LogP contribution is 2.41. The number of fused-ring (bicyclic) bond motifs is 2. The summed E-state index contributed by atoms with van der Waals surface area (Å²) in [5.41, 5.74) is 7.04. The van der Waals surface area contributed by atoms with E-state index in [4.69, 9.17) is 29.8 Å². The number of thioether (sulfide) groups is 1. The first-order valence-electron chi connectivity index (χ1n) is 11.1. The SMILES string of the molecule is CC(=O)OCC1=C(C(=O)OCOOCO)N2C(=O)[C@@H](NC(=O)C(N)Cc3cccc4c3OCO4)[C@H]2SC1. The van der Waals surface area contributed by atoms with Crippen molar-refractivity contribution >= 4 is 35.5 Å². The molecule has 0 aromatic heterocycles. The van der Waals surface area contributed by atoms with E-state index in [9.17, 15) is 19.2 Å². The highest BCUT2D eigenvalue weighted by molar-refractivity contribution is 8.00. The van der Waals surface area contributed by atoms with Gasteiger partial charge in [-0.05, 0) is 6.07 Å². The first-order valence-corrected chi connectivity index (χ1v) is 12.1. The molecule has 4 rings (SSSR count). The number of benzene rings is 1. The van der Waals surface area contributed by atoms with Crippen molar-refractivity contribution < 1.29 is 53.0 Å². The van der Waals surface area contributed by atoms with Crippen molar-refractivity contribution in [2.24, 2.45) is 5.73 Å². The minimum atomic E-state index is -0.977. The van der Waals surface area contributed by atoms with E-state index < -0.39 is 54.8 Å². The Morgan fingerprint density at radius 1 is 1.27 bits per heavy atom. The topological polar surface area (TPSA) is 185 Å². The van der Waals surface area contributed by atoms with Crippen LogP contribution in [0.5, 0.6) is 11.5 Å². The number of hydrogen-bond acceptors (Lipinski definition) is 13. The Morgan fingerprint density at radius 3 is 2.84 bits per heavy atom. The lowest BCUT2D eigenvalue weighted by Gasteiger charge is -2.49. The summed E-state index contributed by atoms with van der Waals surface area (Å²) in [5.74, 6) is -1.28. The first-order chi connectivity index (χ1) is 17.8. The van der Waals surface area contributed by atoms with Crippen molar-refractivity contribution in [1.82, 2.24) is 10.2 Å². The third-order valence-corrected chi connectivity index (χ3v) is 6.96. The van der Waals surface area contributed by atoms with Crippen LogP contribution in [0.15, 0.2) is 29.5 Å². The molecule has 1 saturated heterocycles. The number of carbonyl (C=O) groups excluding carboxylic acids is 4. The van der Waals surface area contributed by atoms with Gasteiger partial charge in [0.25, 0.3) is 5.91 Å². The van der Waals surface area contributed by atoms with E-state index in [0.717, 1.165) is 0 Å². The summed E-state index contributed by atoms with van der Waals surface area (Å²) in [6, 6.07) is 3.37. The van der Waals surface area contributed by atoms with E-state index in [0.29, 0.717) is 22.6 Å². The number of carbonyl (C=O) groups is 4. The third kappa shape index (κ3) is 5.80. The first kappa shape index (κ1) is 26.7. The second-order valence-electron chi connectivity index (χ2n) is 8.00. The van der Waals surface area contributed by atoms with Gasteiger partial charge in [0.1, 0.15) is 23.7 Å². The standard InChI is InChI=1S/C22H25N3O11S/c1-11(27)31-6-13-7-37-21-16(20(29)25(21)17(13)22(30)34-10-36-35-8-26)24-19(28)14(23)5-12-3-2-4-15-18(12)33-9-32-15/h2-4,14,16,21,26H,5-10,23H2,1H3,(H,24,28)/t14?,16-,21-/m1/s1. The number of aliphatic hydroxyl groups is 1. The van der Waals surface area contributed by atoms with E-state index in [2.05, 4.69) is 15.1 Å². The Kier molecular flexibility index (Phi) is 8.50. The smallest absolute Gasteiger partial charge is 0.357 e. The number of para-hydroxylation sites is 1. The molecule has 0 saturated carbocycles. The highest BCUT2D eigenvalue weighted by atomic mass is 32.2. The van der Waals surface area contributed by atoms with E-state index in [1.165, 1.54) is 23.6 Å². The number of hydrogen-bond donors (Lipinski definition) is 3. The second-order valence-corrected chi connectivity index (χ2v) is 9.11.